The number of nitrogen functional groups attached to an aromatic ring is 1. The number of rotatable bonds is 3. The second kappa shape index (κ2) is 5.97. The van der Waals surface area contributed by atoms with Crippen molar-refractivity contribution in [2.75, 3.05) is 18.2 Å². The zero-order valence-corrected chi connectivity index (χ0v) is 11.3. The molecule has 20 heavy (non-hydrogen) atoms. The molecule has 104 valence electrons. The van der Waals surface area contributed by atoms with Crippen LogP contribution in [0.1, 0.15) is 5.56 Å². The lowest BCUT2D eigenvalue weighted by Crippen LogP contribution is -2.16. The van der Waals surface area contributed by atoms with Gasteiger partial charge in [0.15, 0.2) is 0 Å². The van der Waals surface area contributed by atoms with Gasteiger partial charge in [-0.3, -0.25) is 5.32 Å². The fourth-order valence-corrected chi connectivity index (χ4v) is 1.64. The van der Waals surface area contributed by atoms with Crippen LogP contribution in [0.15, 0.2) is 42.5 Å². The molecule has 0 aromatic heterocycles. The second-order valence-electron chi connectivity index (χ2n) is 4.28. The third kappa shape index (κ3) is 3.41. The molecule has 0 aliphatic heterocycles. The molecule has 1 amide bonds. The molecule has 0 fully saturated rings. The molecule has 0 saturated carbocycles. The number of methoxy groups -OCH3 is 1. The van der Waals surface area contributed by atoms with Gasteiger partial charge in [0.25, 0.3) is 0 Å². The zero-order valence-electron chi connectivity index (χ0n) is 11.3. The van der Waals surface area contributed by atoms with E-state index in [0.717, 1.165) is 5.56 Å². The minimum atomic E-state index is -0.569. The van der Waals surface area contributed by atoms with Gasteiger partial charge in [0, 0.05) is 11.8 Å². The van der Waals surface area contributed by atoms with E-state index in [1.165, 1.54) is 7.11 Å². The number of amides is 1. The van der Waals surface area contributed by atoms with Crippen molar-refractivity contribution in [1.29, 1.82) is 0 Å². The van der Waals surface area contributed by atoms with Crippen LogP contribution in [-0.2, 0) is 0 Å². The van der Waals surface area contributed by atoms with E-state index in [2.05, 4.69) is 5.32 Å². The lowest BCUT2D eigenvalue weighted by molar-refractivity contribution is 0.215. The minimum absolute atomic E-state index is 0.362. The Labute approximate surface area is 117 Å². The topological polar surface area (TPSA) is 73.6 Å². The number of ether oxygens (including phenoxy) is 2. The Morgan fingerprint density at radius 2 is 1.85 bits per heavy atom. The van der Waals surface area contributed by atoms with E-state index in [1.807, 2.05) is 19.1 Å². The number of carbonyl (C=O) groups is 1. The molecular weight excluding hydrogens is 256 g/mol. The van der Waals surface area contributed by atoms with Crippen LogP contribution in [-0.4, -0.2) is 13.2 Å². The highest BCUT2D eigenvalue weighted by Gasteiger charge is 2.07. The van der Waals surface area contributed by atoms with Crippen molar-refractivity contribution < 1.29 is 14.3 Å². The number of benzene rings is 2. The average molecular weight is 272 g/mol. The van der Waals surface area contributed by atoms with Gasteiger partial charge in [0.2, 0.25) is 0 Å². The lowest BCUT2D eigenvalue weighted by atomic mass is 10.2. The Bertz CT molecular complexity index is 609. The Morgan fingerprint density at radius 3 is 2.50 bits per heavy atom. The first kappa shape index (κ1) is 13.7. The lowest BCUT2D eigenvalue weighted by Gasteiger charge is -2.09. The molecule has 2 aromatic rings. The number of hydrogen-bond donors (Lipinski definition) is 2. The zero-order chi connectivity index (χ0) is 14.5. The van der Waals surface area contributed by atoms with Crippen LogP contribution in [0.2, 0.25) is 0 Å². The van der Waals surface area contributed by atoms with E-state index in [-0.39, 0.29) is 0 Å². The number of aryl methyl sites for hydroxylation is 1. The Hall–Kier alpha value is -2.69. The molecule has 2 rings (SSSR count). The van der Waals surface area contributed by atoms with Gasteiger partial charge < -0.3 is 15.2 Å². The van der Waals surface area contributed by atoms with Crippen LogP contribution >= 0.6 is 0 Å². The van der Waals surface area contributed by atoms with Crippen molar-refractivity contribution in [2.24, 2.45) is 0 Å². The van der Waals surface area contributed by atoms with Gasteiger partial charge in [0.1, 0.15) is 11.5 Å². The van der Waals surface area contributed by atoms with E-state index < -0.39 is 6.09 Å². The van der Waals surface area contributed by atoms with Gasteiger partial charge in [0.05, 0.1) is 12.8 Å². The molecule has 0 radical (unpaired) electrons. The highest BCUT2D eigenvalue weighted by molar-refractivity contribution is 5.86. The largest absolute Gasteiger partial charge is 0.494 e. The van der Waals surface area contributed by atoms with Crippen molar-refractivity contribution in [2.45, 2.75) is 6.92 Å². The maximum absolute atomic E-state index is 11.7. The van der Waals surface area contributed by atoms with Gasteiger partial charge in [-0.15, -0.1) is 0 Å². The molecule has 0 spiro atoms. The molecule has 5 heteroatoms. The number of carbonyl (C=O) groups excluding carboxylic acids is 1. The molecule has 0 heterocycles. The maximum Gasteiger partial charge on any atom is 0.417 e. The summed E-state index contributed by atoms with van der Waals surface area (Å²) in [5, 5.41) is 2.64. The van der Waals surface area contributed by atoms with Gasteiger partial charge >= 0.3 is 6.09 Å². The van der Waals surface area contributed by atoms with Gasteiger partial charge in [-0.05, 0) is 31.2 Å². The number of hydrogen-bond acceptors (Lipinski definition) is 4. The summed E-state index contributed by atoms with van der Waals surface area (Å²) in [6.45, 7) is 1.97. The van der Waals surface area contributed by atoms with Crippen molar-refractivity contribution in [3.8, 4) is 11.5 Å². The number of nitrogens with one attached hydrogen (secondary N) is 1. The average Bonchev–Trinajstić information content (AvgIpc) is 2.43. The summed E-state index contributed by atoms with van der Waals surface area (Å²) in [7, 11) is 1.50. The third-order valence-electron chi connectivity index (χ3n) is 2.71. The molecule has 0 bridgehead atoms. The van der Waals surface area contributed by atoms with Crippen LogP contribution in [0, 0.1) is 6.92 Å². The first-order valence-corrected chi connectivity index (χ1v) is 6.07. The summed E-state index contributed by atoms with van der Waals surface area (Å²) in [6, 6.07) is 12.2. The van der Waals surface area contributed by atoms with Gasteiger partial charge in [-0.1, -0.05) is 17.7 Å². The third-order valence-corrected chi connectivity index (χ3v) is 2.71. The quantitative estimate of drug-likeness (QED) is 0.841. The predicted molar refractivity (Wildman–Crippen MR) is 78.2 cm³/mol. The summed E-state index contributed by atoms with van der Waals surface area (Å²) in [4.78, 5) is 11.7. The Morgan fingerprint density at radius 1 is 1.15 bits per heavy atom. The van der Waals surface area contributed by atoms with Gasteiger partial charge in [-0.2, -0.15) is 0 Å². The van der Waals surface area contributed by atoms with E-state index >= 15 is 0 Å². The molecule has 0 aliphatic rings. The van der Waals surface area contributed by atoms with Crippen LogP contribution in [0.4, 0.5) is 16.2 Å². The monoisotopic (exact) mass is 272 g/mol. The maximum atomic E-state index is 11.7. The minimum Gasteiger partial charge on any atom is -0.494 e. The fourth-order valence-electron chi connectivity index (χ4n) is 1.64. The Balaban J connectivity index is 2.02. The first-order valence-electron chi connectivity index (χ1n) is 6.07. The second-order valence-corrected chi connectivity index (χ2v) is 4.28. The number of nitrogens with two attached hydrogens (primary N) is 1. The standard InChI is InChI=1S/C15H16N2O3/c1-10-3-5-11(6-4-10)17-15(18)20-12-7-8-13(16)14(9-12)19-2/h3-9H,16H2,1-2H3,(H,17,18). The summed E-state index contributed by atoms with van der Waals surface area (Å²) in [5.74, 6) is 0.825. The summed E-state index contributed by atoms with van der Waals surface area (Å²) in [5.41, 5.74) is 7.96. The summed E-state index contributed by atoms with van der Waals surface area (Å²) in [6.07, 6.45) is -0.569. The normalized spacial score (nSPS) is 9.90. The molecule has 0 saturated heterocycles. The van der Waals surface area contributed by atoms with E-state index in [4.69, 9.17) is 15.2 Å². The van der Waals surface area contributed by atoms with Crippen molar-refractivity contribution >= 4 is 17.5 Å². The number of anilines is 2. The molecule has 3 N–H and O–H groups in total. The van der Waals surface area contributed by atoms with Crippen LogP contribution in [0.25, 0.3) is 0 Å². The van der Waals surface area contributed by atoms with Crippen LogP contribution in [0.3, 0.4) is 0 Å². The van der Waals surface area contributed by atoms with E-state index in [9.17, 15) is 4.79 Å². The molecular formula is C15H16N2O3. The molecule has 0 aliphatic carbocycles. The smallest absolute Gasteiger partial charge is 0.417 e. The first-order chi connectivity index (χ1) is 9.58. The highest BCUT2D eigenvalue weighted by atomic mass is 16.6. The van der Waals surface area contributed by atoms with Crippen LogP contribution in [0.5, 0.6) is 11.5 Å². The molecule has 5 nitrogen and oxygen atoms in total. The summed E-state index contributed by atoms with van der Waals surface area (Å²) >= 11 is 0. The Kier molecular flexibility index (Phi) is 4.10. The van der Waals surface area contributed by atoms with Crippen molar-refractivity contribution in [3.05, 3.63) is 48.0 Å². The SMILES string of the molecule is COc1cc(OC(=O)Nc2ccc(C)cc2)ccc1N. The fraction of sp³-hybridized carbons (Fsp3) is 0.133. The van der Waals surface area contributed by atoms with Crippen molar-refractivity contribution in [1.82, 2.24) is 0 Å². The molecule has 2 aromatic carbocycles. The molecule has 0 atom stereocenters. The predicted octanol–water partition coefficient (Wildman–Crippen LogP) is 3.20. The summed E-state index contributed by atoms with van der Waals surface area (Å²) < 4.78 is 10.2. The highest BCUT2D eigenvalue weighted by Crippen LogP contribution is 2.26. The van der Waals surface area contributed by atoms with Gasteiger partial charge in [-0.25, -0.2) is 4.79 Å². The van der Waals surface area contributed by atoms with Crippen LogP contribution < -0.4 is 20.5 Å². The van der Waals surface area contributed by atoms with Crippen molar-refractivity contribution in [3.63, 3.8) is 0 Å². The molecule has 0 unspecified atom stereocenters. The van der Waals surface area contributed by atoms with E-state index in [1.54, 1.807) is 30.3 Å². The van der Waals surface area contributed by atoms with E-state index in [0.29, 0.717) is 22.9 Å².